The zero-order valence-corrected chi connectivity index (χ0v) is 17.5. The van der Waals surface area contributed by atoms with Crippen LogP contribution in [-0.4, -0.2) is 42.2 Å². The zero-order valence-electron chi connectivity index (χ0n) is 16.0. The fourth-order valence-corrected chi connectivity index (χ4v) is 3.63. The van der Waals surface area contributed by atoms with Crippen molar-refractivity contribution in [3.63, 3.8) is 0 Å². The van der Waals surface area contributed by atoms with Crippen molar-refractivity contribution >= 4 is 34.9 Å². The van der Waals surface area contributed by atoms with Gasteiger partial charge in [0.2, 0.25) is 0 Å². The van der Waals surface area contributed by atoms with Crippen LogP contribution < -0.4 is 4.90 Å². The van der Waals surface area contributed by atoms with Gasteiger partial charge in [-0.15, -0.1) is 0 Å². The molecule has 0 spiro atoms. The monoisotopic (exact) mass is 419 g/mol. The number of para-hydroxylation sites is 1. The lowest BCUT2D eigenvalue weighted by molar-refractivity contribution is 0.0697. The largest absolute Gasteiger partial charge is 0.478 e. The van der Waals surface area contributed by atoms with E-state index in [1.54, 1.807) is 6.07 Å². The van der Waals surface area contributed by atoms with Gasteiger partial charge in [-0.1, -0.05) is 49.2 Å². The first-order valence-corrected chi connectivity index (χ1v) is 9.93. The molecule has 1 saturated heterocycles. The second kappa shape index (κ2) is 10.3. The summed E-state index contributed by atoms with van der Waals surface area (Å²) in [5, 5.41) is 19.1. The number of hydrogen-bond acceptors (Lipinski definition) is 4. The van der Waals surface area contributed by atoms with E-state index in [0.29, 0.717) is 17.1 Å². The van der Waals surface area contributed by atoms with E-state index in [9.17, 15) is 15.2 Å². The molecule has 3 rings (SSSR count). The molecule has 5 nitrogen and oxygen atoms in total. The van der Waals surface area contributed by atoms with E-state index in [4.69, 9.17) is 23.2 Å². The molecule has 1 fully saturated rings. The highest BCUT2D eigenvalue weighted by Crippen LogP contribution is 2.27. The molecule has 0 saturated carbocycles. The predicted octanol–water partition coefficient (Wildman–Crippen LogP) is 4.91. The summed E-state index contributed by atoms with van der Waals surface area (Å²) in [6.45, 7) is 7.72. The van der Waals surface area contributed by atoms with Crippen LogP contribution in [0.2, 0.25) is 10.0 Å². The number of piperazine rings is 1. The minimum absolute atomic E-state index is 0.0626. The Labute approximate surface area is 175 Å². The molecule has 0 bridgehead atoms. The molecular weight excluding hydrogens is 397 g/mol. The van der Waals surface area contributed by atoms with Crippen LogP contribution >= 0.6 is 23.2 Å². The van der Waals surface area contributed by atoms with Crippen LogP contribution in [0.1, 0.15) is 35.3 Å². The third-order valence-corrected chi connectivity index (χ3v) is 5.16. The molecule has 0 aromatic heterocycles. The SMILES string of the molecule is CC.N#Cc1ccccc1N1CCN(Cc2cc(C(=O)O)c(Cl)cc2Cl)CC1. The first kappa shape index (κ1) is 22.0. The number of hydrogen-bond donors (Lipinski definition) is 1. The summed E-state index contributed by atoms with van der Waals surface area (Å²) in [7, 11) is 0. The Balaban J connectivity index is 0.00000136. The molecule has 0 radical (unpaired) electrons. The molecule has 148 valence electrons. The minimum Gasteiger partial charge on any atom is -0.478 e. The van der Waals surface area contributed by atoms with Gasteiger partial charge in [0.15, 0.2) is 0 Å². The maximum absolute atomic E-state index is 11.3. The maximum atomic E-state index is 11.3. The summed E-state index contributed by atoms with van der Waals surface area (Å²) in [4.78, 5) is 15.7. The van der Waals surface area contributed by atoms with E-state index >= 15 is 0 Å². The number of carboxylic acid groups (broad SMARTS) is 1. The average Bonchev–Trinajstić information content (AvgIpc) is 2.71. The number of carbonyl (C=O) groups is 1. The van der Waals surface area contributed by atoms with Gasteiger partial charge in [0.25, 0.3) is 0 Å². The van der Waals surface area contributed by atoms with Gasteiger partial charge in [-0.25, -0.2) is 4.79 Å². The van der Waals surface area contributed by atoms with E-state index in [0.717, 1.165) is 37.4 Å². The second-order valence-electron chi connectivity index (χ2n) is 6.12. The van der Waals surface area contributed by atoms with Gasteiger partial charge >= 0.3 is 5.97 Å². The van der Waals surface area contributed by atoms with Crippen LogP contribution in [0.3, 0.4) is 0 Å². The number of benzene rings is 2. The molecule has 1 aliphatic heterocycles. The number of carboxylic acids is 1. The summed E-state index contributed by atoms with van der Waals surface area (Å²) < 4.78 is 0. The fraction of sp³-hybridized carbons (Fsp3) is 0.333. The predicted molar refractivity (Wildman–Crippen MR) is 113 cm³/mol. The van der Waals surface area contributed by atoms with E-state index in [1.807, 2.05) is 38.1 Å². The summed E-state index contributed by atoms with van der Waals surface area (Å²) in [5.74, 6) is -1.06. The number of nitrogens with zero attached hydrogens (tertiary/aromatic N) is 3. The van der Waals surface area contributed by atoms with Crippen molar-refractivity contribution in [3.8, 4) is 6.07 Å². The van der Waals surface area contributed by atoms with Crippen LogP contribution in [0.5, 0.6) is 0 Å². The molecule has 28 heavy (non-hydrogen) atoms. The summed E-state index contributed by atoms with van der Waals surface area (Å²) in [5.41, 5.74) is 2.44. The molecule has 1 heterocycles. The van der Waals surface area contributed by atoms with Crippen molar-refractivity contribution in [3.05, 3.63) is 63.1 Å². The van der Waals surface area contributed by atoms with Crippen molar-refractivity contribution < 1.29 is 9.90 Å². The second-order valence-corrected chi connectivity index (χ2v) is 6.94. The van der Waals surface area contributed by atoms with Gasteiger partial charge in [0.1, 0.15) is 6.07 Å². The van der Waals surface area contributed by atoms with Gasteiger partial charge in [0, 0.05) is 37.7 Å². The first-order chi connectivity index (χ1) is 13.5. The Morgan fingerprint density at radius 3 is 2.36 bits per heavy atom. The Morgan fingerprint density at radius 2 is 1.75 bits per heavy atom. The van der Waals surface area contributed by atoms with Crippen LogP contribution in [0.25, 0.3) is 0 Å². The van der Waals surface area contributed by atoms with E-state index in [-0.39, 0.29) is 10.6 Å². The fourth-order valence-electron chi connectivity index (χ4n) is 3.11. The highest BCUT2D eigenvalue weighted by atomic mass is 35.5. The quantitative estimate of drug-likeness (QED) is 0.761. The van der Waals surface area contributed by atoms with Crippen LogP contribution in [0.15, 0.2) is 36.4 Å². The molecule has 1 aliphatic rings. The van der Waals surface area contributed by atoms with Gasteiger partial charge in [-0.2, -0.15) is 5.26 Å². The van der Waals surface area contributed by atoms with Crippen LogP contribution in [0.4, 0.5) is 5.69 Å². The van der Waals surface area contributed by atoms with Crippen LogP contribution in [-0.2, 0) is 6.54 Å². The molecule has 0 aliphatic carbocycles. The number of nitriles is 1. The Hall–Kier alpha value is -2.26. The lowest BCUT2D eigenvalue weighted by Crippen LogP contribution is -2.46. The van der Waals surface area contributed by atoms with E-state index in [2.05, 4.69) is 15.9 Å². The molecular formula is C21H23Cl2N3O2. The van der Waals surface area contributed by atoms with E-state index < -0.39 is 5.97 Å². The van der Waals surface area contributed by atoms with Crippen molar-refractivity contribution in [2.24, 2.45) is 0 Å². The maximum Gasteiger partial charge on any atom is 0.337 e. The molecule has 0 unspecified atom stereocenters. The Bertz CT molecular complexity index is 872. The molecule has 0 atom stereocenters. The molecule has 7 heteroatoms. The lowest BCUT2D eigenvalue weighted by Gasteiger charge is -2.36. The topological polar surface area (TPSA) is 67.6 Å². The van der Waals surface area contributed by atoms with Crippen molar-refractivity contribution in [2.75, 3.05) is 31.1 Å². The molecule has 2 aromatic carbocycles. The molecule has 0 amide bonds. The third-order valence-electron chi connectivity index (χ3n) is 4.50. The summed E-state index contributed by atoms with van der Waals surface area (Å²) in [6.07, 6.45) is 0. The summed E-state index contributed by atoms with van der Waals surface area (Å²) in [6, 6.07) is 12.8. The normalized spacial score (nSPS) is 14.0. The van der Waals surface area contributed by atoms with Gasteiger partial charge < -0.3 is 10.0 Å². The third kappa shape index (κ3) is 5.17. The van der Waals surface area contributed by atoms with Crippen molar-refractivity contribution in [1.29, 1.82) is 5.26 Å². The number of aromatic carboxylic acids is 1. The summed E-state index contributed by atoms with van der Waals surface area (Å²) >= 11 is 12.2. The number of rotatable bonds is 4. The van der Waals surface area contributed by atoms with Gasteiger partial charge in [0.05, 0.1) is 21.8 Å². The smallest absolute Gasteiger partial charge is 0.337 e. The number of halogens is 2. The van der Waals surface area contributed by atoms with Gasteiger partial charge in [-0.3, -0.25) is 4.90 Å². The average molecular weight is 420 g/mol. The van der Waals surface area contributed by atoms with Crippen LogP contribution in [0, 0.1) is 11.3 Å². The minimum atomic E-state index is -1.06. The number of anilines is 1. The molecule has 1 N–H and O–H groups in total. The lowest BCUT2D eigenvalue weighted by atomic mass is 10.1. The Morgan fingerprint density at radius 1 is 1.11 bits per heavy atom. The van der Waals surface area contributed by atoms with Gasteiger partial charge in [-0.05, 0) is 29.8 Å². The van der Waals surface area contributed by atoms with E-state index in [1.165, 1.54) is 6.07 Å². The highest BCUT2D eigenvalue weighted by Gasteiger charge is 2.21. The van der Waals surface area contributed by atoms with Crippen molar-refractivity contribution in [1.82, 2.24) is 4.90 Å². The van der Waals surface area contributed by atoms with Crippen molar-refractivity contribution in [2.45, 2.75) is 20.4 Å². The standard InChI is InChI=1S/C19H17Cl2N3O2.C2H6/c20-16-10-17(21)15(19(25)26)9-14(16)12-23-5-7-24(8-6-23)18-4-2-1-3-13(18)11-22;1-2/h1-4,9-10H,5-8,12H2,(H,25,26);1-2H3. The molecule has 2 aromatic rings. The zero-order chi connectivity index (χ0) is 20.7. The Kier molecular flexibility index (Phi) is 8.13. The highest BCUT2D eigenvalue weighted by molar-refractivity contribution is 6.36. The first-order valence-electron chi connectivity index (χ1n) is 9.17.